The lowest BCUT2D eigenvalue weighted by Crippen LogP contribution is -2.00. The summed E-state index contributed by atoms with van der Waals surface area (Å²) in [4.78, 5) is 20.3. The van der Waals surface area contributed by atoms with Crippen molar-refractivity contribution in [3.8, 4) is 62.4 Å². The molecule has 59 heavy (non-hydrogen) atoms. The van der Waals surface area contributed by atoms with Gasteiger partial charge in [0, 0.05) is 53.3 Å². The van der Waals surface area contributed by atoms with Crippen LogP contribution < -0.4 is 0 Å². The minimum absolute atomic E-state index is 0.566. The first kappa shape index (κ1) is 33.4. The van der Waals surface area contributed by atoms with Crippen LogP contribution in [-0.2, 0) is 0 Å². The molecule has 0 radical (unpaired) electrons. The number of fused-ring (bicyclic) bond motifs is 7. The molecule has 276 valence electrons. The Kier molecular flexibility index (Phi) is 7.61. The standard InChI is InChI=1S/C52H31N5OS/c1-3-13-33(14-4-1)49-54-50(56-51(55-49)41-21-12-19-39-38-17-7-10-24-45(38)58-47(39)41)34-27-25-32(26-28-34)37-18-11-20-40-42-31-35(29-30-46(42)59-48(37)40)52-53-43-22-8-9-23-44(43)57(52)36-15-5-2-6-16-36/h1-31H. The second kappa shape index (κ2) is 13.4. The van der Waals surface area contributed by atoms with Gasteiger partial charge in [-0.2, -0.15) is 0 Å². The van der Waals surface area contributed by atoms with Crippen molar-refractivity contribution in [3.05, 3.63) is 188 Å². The van der Waals surface area contributed by atoms with Gasteiger partial charge in [0.2, 0.25) is 0 Å². The van der Waals surface area contributed by atoms with E-state index in [1.807, 2.05) is 84.1 Å². The number of benzene rings is 8. The summed E-state index contributed by atoms with van der Waals surface area (Å²) < 4.78 is 11.2. The van der Waals surface area contributed by atoms with Gasteiger partial charge >= 0.3 is 0 Å². The van der Waals surface area contributed by atoms with Crippen molar-refractivity contribution in [1.82, 2.24) is 24.5 Å². The highest BCUT2D eigenvalue weighted by Crippen LogP contribution is 2.42. The Morgan fingerprint density at radius 2 is 1.05 bits per heavy atom. The Labute approximate surface area is 342 Å². The Bertz CT molecular complexity index is 3550. The van der Waals surface area contributed by atoms with Crippen molar-refractivity contribution in [2.24, 2.45) is 0 Å². The fourth-order valence-corrected chi connectivity index (χ4v) is 9.51. The number of thiophene rings is 1. The van der Waals surface area contributed by atoms with Crippen LogP contribution in [0.2, 0.25) is 0 Å². The topological polar surface area (TPSA) is 69.6 Å². The maximum atomic E-state index is 6.41. The van der Waals surface area contributed by atoms with E-state index in [1.54, 1.807) is 0 Å². The van der Waals surface area contributed by atoms with E-state index in [0.29, 0.717) is 17.5 Å². The number of hydrogen-bond acceptors (Lipinski definition) is 6. The lowest BCUT2D eigenvalue weighted by Gasteiger charge is -2.10. The third-order valence-electron chi connectivity index (χ3n) is 11.1. The molecule has 0 bridgehead atoms. The van der Waals surface area contributed by atoms with Crippen molar-refractivity contribution in [2.45, 2.75) is 0 Å². The van der Waals surface area contributed by atoms with Gasteiger partial charge < -0.3 is 4.42 Å². The molecule has 0 N–H and O–H groups in total. The van der Waals surface area contributed by atoms with Gasteiger partial charge in [-0.05, 0) is 65.7 Å². The normalized spacial score (nSPS) is 11.7. The van der Waals surface area contributed by atoms with E-state index in [2.05, 4.69) is 120 Å². The minimum atomic E-state index is 0.566. The number of nitrogens with zero attached hydrogens (tertiary/aromatic N) is 5. The summed E-state index contributed by atoms with van der Waals surface area (Å²) in [5.41, 5.74) is 10.8. The Morgan fingerprint density at radius 1 is 0.424 bits per heavy atom. The van der Waals surface area contributed by atoms with Gasteiger partial charge in [-0.15, -0.1) is 11.3 Å². The zero-order valence-electron chi connectivity index (χ0n) is 31.5. The van der Waals surface area contributed by atoms with Crippen molar-refractivity contribution in [3.63, 3.8) is 0 Å². The fraction of sp³-hybridized carbons (Fsp3) is 0. The lowest BCUT2D eigenvalue weighted by molar-refractivity contribution is 0.669. The second-order valence-electron chi connectivity index (χ2n) is 14.6. The van der Waals surface area contributed by atoms with Crippen LogP contribution in [0.5, 0.6) is 0 Å². The van der Waals surface area contributed by atoms with Crippen molar-refractivity contribution in [1.29, 1.82) is 0 Å². The number of hydrogen-bond donors (Lipinski definition) is 0. The zero-order valence-corrected chi connectivity index (χ0v) is 32.3. The minimum Gasteiger partial charge on any atom is -0.455 e. The van der Waals surface area contributed by atoms with Crippen LogP contribution in [-0.4, -0.2) is 24.5 Å². The first-order valence-corrected chi connectivity index (χ1v) is 20.4. The van der Waals surface area contributed by atoms with Crippen LogP contribution in [0.4, 0.5) is 0 Å². The third-order valence-corrected chi connectivity index (χ3v) is 12.3. The SMILES string of the molecule is c1ccc(-c2nc(-c3ccc(-c4cccc5c4sc4ccc(-c6nc7ccccc7n6-c6ccccc6)cc45)cc3)nc(-c3cccc4c3oc3ccccc34)n2)cc1. The molecule has 4 aromatic heterocycles. The van der Waals surface area contributed by atoms with Crippen LogP contribution in [0.25, 0.3) is 116 Å². The monoisotopic (exact) mass is 773 g/mol. The molecule has 0 aliphatic heterocycles. The Balaban J connectivity index is 0.950. The number of furan rings is 1. The molecule has 0 amide bonds. The quantitative estimate of drug-likeness (QED) is 0.168. The predicted octanol–water partition coefficient (Wildman–Crippen LogP) is 13.8. The Hall–Kier alpha value is -7.74. The lowest BCUT2D eigenvalue weighted by atomic mass is 10.0. The van der Waals surface area contributed by atoms with Gasteiger partial charge in [0.1, 0.15) is 17.0 Å². The molecule has 0 aliphatic carbocycles. The van der Waals surface area contributed by atoms with E-state index in [1.165, 1.54) is 25.7 Å². The first-order chi connectivity index (χ1) is 29.2. The molecule has 12 rings (SSSR count). The van der Waals surface area contributed by atoms with Crippen molar-refractivity contribution in [2.75, 3.05) is 0 Å². The number of imidazole rings is 1. The first-order valence-electron chi connectivity index (χ1n) is 19.5. The maximum absolute atomic E-state index is 6.41. The van der Waals surface area contributed by atoms with Gasteiger partial charge in [0.15, 0.2) is 17.5 Å². The van der Waals surface area contributed by atoms with E-state index < -0.39 is 0 Å². The molecule has 0 atom stereocenters. The molecule has 0 saturated carbocycles. The average molecular weight is 774 g/mol. The van der Waals surface area contributed by atoms with Crippen molar-refractivity contribution >= 4 is 64.5 Å². The van der Waals surface area contributed by atoms with Gasteiger partial charge in [-0.1, -0.05) is 133 Å². The highest BCUT2D eigenvalue weighted by atomic mass is 32.1. The summed E-state index contributed by atoms with van der Waals surface area (Å²) in [5, 5.41) is 4.54. The molecule has 0 unspecified atom stereocenters. The third kappa shape index (κ3) is 5.55. The molecule has 0 spiro atoms. The largest absolute Gasteiger partial charge is 0.455 e. The molecular weight excluding hydrogens is 743 g/mol. The average Bonchev–Trinajstić information content (AvgIpc) is 4.01. The summed E-state index contributed by atoms with van der Waals surface area (Å²) in [6.45, 7) is 0. The van der Waals surface area contributed by atoms with Gasteiger partial charge in [0.25, 0.3) is 0 Å². The molecule has 0 aliphatic rings. The smallest absolute Gasteiger partial charge is 0.167 e. The number of aromatic nitrogens is 5. The molecule has 12 aromatic rings. The summed E-state index contributed by atoms with van der Waals surface area (Å²) in [5.74, 6) is 2.70. The van der Waals surface area contributed by atoms with Gasteiger partial charge in [0.05, 0.1) is 16.6 Å². The number of para-hydroxylation sites is 5. The molecule has 7 heteroatoms. The van der Waals surface area contributed by atoms with E-state index in [-0.39, 0.29) is 0 Å². The summed E-state index contributed by atoms with van der Waals surface area (Å²) >= 11 is 1.83. The highest BCUT2D eigenvalue weighted by molar-refractivity contribution is 7.26. The molecule has 6 nitrogen and oxygen atoms in total. The summed E-state index contributed by atoms with van der Waals surface area (Å²) in [6.07, 6.45) is 0. The predicted molar refractivity (Wildman–Crippen MR) is 242 cm³/mol. The van der Waals surface area contributed by atoms with Crippen LogP contribution in [0.3, 0.4) is 0 Å². The summed E-state index contributed by atoms with van der Waals surface area (Å²) in [6, 6.07) is 65.1. The van der Waals surface area contributed by atoms with Crippen LogP contribution in [0.15, 0.2) is 192 Å². The van der Waals surface area contributed by atoms with E-state index >= 15 is 0 Å². The molecule has 0 fully saturated rings. The summed E-state index contributed by atoms with van der Waals surface area (Å²) in [7, 11) is 0. The number of rotatable bonds is 6. The Morgan fingerprint density at radius 3 is 1.88 bits per heavy atom. The highest BCUT2D eigenvalue weighted by Gasteiger charge is 2.19. The van der Waals surface area contributed by atoms with Crippen LogP contribution >= 0.6 is 11.3 Å². The fourth-order valence-electron chi connectivity index (χ4n) is 8.29. The van der Waals surface area contributed by atoms with Crippen LogP contribution in [0.1, 0.15) is 0 Å². The maximum Gasteiger partial charge on any atom is 0.167 e. The van der Waals surface area contributed by atoms with E-state index in [0.717, 1.165) is 72.3 Å². The molecule has 8 aromatic carbocycles. The zero-order chi connectivity index (χ0) is 38.9. The van der Waals surface area contributed by atoms with Gasteiger partial charge in [-0.3, -0.25) is 4.57 Å². The van der Waals surface area contributed by atoms with Gasteiger partial charge in [-0.25, -0.2) is 19.9 Å². The second-order valence-corrected chi connectivity index (χ2v) is 15.7. The van der Waals surface area contributed by atoms with Crippen molar-refractivity contribution < 1.29 is 4.42 Å². The van der Waals surface area contributed by atoms with E-state index in [9.17, 15) is 0 Å². The molecule has 4 heterocycles. The molecule has 0 saturated heterocycles. The van der Waals surface area contributed by atoms with E-state index in [4.69, 9.17) is 24.4 Å². The molecular formula is C52H31N5OS. The van der Waals surface area contributed by atoms with Crippen LogP contribution in [0, 0.1) is 0 Å².